The summed E-state index contributed by atoms with van der Waals surface area (Å²) in [4.78, 5) is 33.5. The summed E-state index contributed by atoms with van der Waals surface area (Å²) in [5, 5.41) is 0.718. The Bertz CT molecular complexity index is 1640. The number of hydrogen-bond acceptors (Lipinski definition) is 5. The molecule has 0 radical (unpaired) electrons. The first-order chi connectivity index (χ1) is 18.7. The van der Waals surface area contributed by atoms with Crippen LogP contribution in [0.3, 0.4) is 0 Å². The van der Waals surface area contributed by atoms with Crippen LogP contribution in [0.4, 0.5) is 10.1 Å². The van der Waals surface area contributed by atoms with Gasteiger partial charge in [-0.3, -0.25) is 19.3 Å². The maximum atomic E-state index is 13.2. The molecule has 8 nitrogen and oxygen atoms in total. The third kappa shape index (κ3) is 5.75. The average Bonchev–Trinajstić information content (AvgIpc) is 2.94. The van der Waals surface area contributed by atoms with Gasteiger partial charge in [0.2, 0.25) is 5.91 Å². The molecular formula is C29H27FN4O4S. The second kappa shape index (κ2) is 10.8. The van der Waals surface area contributed by atoms with Gasteiger partial charge in [-0.05, 0) is 60.5 Å². The van der Waals surface area contributed by atoms with E-state index >= 15 is 0 Å². The van der Waals surface area contributed by atoms with Gasteiger partial charge in [0.15, 0.2) is 0 Å². The van der Waals surface area contributed by atoms with Crippen LogP contribution in [0.1, 0.15) is 21.5 Å². The SMILES string of the molecule is Cc1cc(C(=O)N2CCN(C(=O)Cc3ccc(F)cc3)CC2)ccc1NS(=O)(=O)c1cccc2cccnc12. The molecule has 0 unspecified atom stereocenters. The molecule has 1 aliphatic rings. The quantitative estimate of drug-likeness (QED) is 0.394. The number of nitrogens with one attached hydrogen (secondary N) is 1. The summed E-state index contributed by atoms with van der Waals surface area (Å²) in [7, 11) is -3.92. The molecule has 2 amide bonds. The molecule has 1 fully saturated rings. The van der Waals surface area contributed by atoms with Crippen LogP contribution >= 0.6 is 0 Å². The first-order valence-corrected chi connectivity index (χ1v) is 14.0. The molecule has 10 heteroatoms. The molecular weight excluding hydrogens is 519 g/mol. The highest BCUT2D eigenvalue weighted by Gasteiger charge is 2.26. The summed E-state index contributed by atoms with van der Waals surface area (Å²) >= 11 is 0. The van der Waals surface area contributed by atoms with Gasteiger partial charge in [-0.15, -0.1) is 0 Å². The van der Waals surface area contributed by atoms with E-state index in [1.54, 1.807) is 77.5 Å². The Morgan fingerprint density at radius 1 is 0.923 bits per heavy atom. The molecule has 0 bridgehead atoms. The van der Waals surface area contributed by atoms with Crippen LogP contribution in [0.15, 0.2) is 83.9 Å². The molecule has 5 rings (SSSR count). The number of benzene rings is 3. The standard InChI is InChI=1S/C29H27FN4O4S/c1-20-18-23(9-12-25(20)32-39(37,38)26-6-2-4-22-5-3-13-31-28(22)26)29(36)34-16-14-33(15-17-34)27(35)19-21-7-10-24(30)11-8-21/h2-13,18,32H,14-17,19H2,1H3. The van der Waals surface area contributed by atoms with Gasteiger partial charge < -0.3 is 9.80 Å². The van der Waals surface area contributed by atoms with Gasteiger partial charge in [-0.2, -0.15) is 0 Å². The lowest BCUT2D eigenvalue weighted by molar-refractivity contribution is -0.131. The Kier molecular flexibility index (Phi) is 7.30. The first-order valence-electron chi connectivity index (χ1n) is 12.5. The summed E-state index contributed by atoms with van der Waals surface area (Å²) < 4.78 is 42.1. The van der Waals surface area contributed by atoms with Crippen molar-refractivity contribution in [2.24, 2.45) is 0 Å². The zero-order valence-electron chi connectivity index (χ0n) is 21.3. The van der Waals surface area contributed by atoms with Crippen molar-refractivity contribution in [3.63, 3.8) is 0 Å². The van der Waals surface area contributed by atoms with Crippen molar-refractivity contribution in [1.82, 2.24) is 14.8 Å². The summed E-state index contributed by atoms with van der Waals surface area (Å²) in [6.45, 7) is 3.32. The van der Waals surface area contributed by atoms with Gasteiger partial charge in [-0.1, -0.05) is 30.3 Å². The minimum absolute atomic E-state index is 0.0671. The van der Waals surface area contributed by atoms with Crippen LogP contribution in [-0.4, -0.2) is 61.2 Å². The van der Waals surface area contributed by atoms with Crippen molar-refractivity contribution >= 4 is 38.4 Å². The molecule has 0 atom stereocenters. The number of sulfonamides is 1. The molecule has 0 saturated carbocycles. The van der Waals surface area contributed by atoms with Gasteiger partial charge >= 0.3 is 0 Å². The summed E-state index contributed by atoms with van der Waals surface area (Å²) in [5.41, 5.74) is 2.53. The number of amides is 2. The van der Waals surface area contributed by atoms with Crippen molar-refractivity contribution in [3.05, 3.63) is 102 Å². The van der Waals surface area contributed by atoms with E-state index in [0.717, 1.165) is 10.9 Å². The van der Waals surface area contributed by atoms with E-state index in [0.29, 0.717) is 48.5 Å². The van der Waals surface area contributed by atoms with E-state index in [2.05, 4.69) is 9.71 Å². The lowest BCUT2D eigenvalue weighted by Gasteiger charge is -2.35. The van der Waals surface area contributed by atoms with Crippen LogP contribution in [0.5, 0.6) is 0 Å². The molecule has 1 aliphatic heterocycles. The lowest BCUT2D eigenvalue weighted by atomic mass is 10.1. The van der Waals surface area contributed by atoms with Crippen LogP contribution < -0.4 is 4.72 Å². The number of hydrogen-bond donors (Lipinski definition) is 1. The lowest BCUT2D eigenvalue weighted by Crippen LogP contribution is -2.51. The number of rotatable bonds is 6. The molecule has 1 saturated heterocycles. The molecule has 4 aromatic rings. The van der Waals surface area contributed by atoms with Gasteiger partial charge in [-0.25, -0.2) is 12.8 Å². The number of aromatic nitrogens is 1. The summed E-state index contributed by atoms with van der Waals surface area (Å²) in [6, 6.07) is 19.2. The van der Waals surface area contributed by atoms with E-state index in [-0.39, 0.29) is 28.9 Å². The highest BCUT2D eigenvalue weighted by atomic mass is 32.2. The first kappa shape index (κ1) is 26.3. The predicted molar refractivity (Wildman–Crippen MR) is 146 cm³/mol. The van der Waals surface area contributed by atoms with Gasteiger partial charge in [0, 0.05) is 43.3 Å². The maximum Gasteiger partial charge on any atom is 0.264 e. The Morgan fingerprint density at radius 2 is 1.62 bits per heavy atom. The number of anilines is 1. The number of carbonyl (C=O) groups is 2. The topological polar surface area (TPSA) is 99.7 Å². The van der Waals surface area contributed by atoms with E-state index in [1.807, 2.05) is 0 Å². The van der Waals surface area contributed by atoms with Crippen LogP contribution in [0.2, 0.25) is 0 Å². The number of pyridine rings is 1. The minimum Gasteiger partial charge on any atom is -0.339 e. The molecule has 3 aromatic carbocycles. The number of fused-ring (bicyclic) bond motifs is 1. The molecule has 1 aromatic heterocycles. The fourth-order valence-electron chi connectivity index (χ4n) is 4.63. The highest BCUT2D eigenvalue weighted by molar-refractivity contribution is 7.93. The fraction of sp³-hybridized carbons (Fsp3) is 0.207. The predicted octanol–water partition coefficient (Wildman–Crippen LogP) is 4.01. The highest BCUT2D eigenvalue weighted by Crippen LogP contribution is 2.26. The monoisotopic (exact) mass is 546 g/mol. The van der Waals surface area contributed by atoms with Crippen LogP contribution in [0.25, 0.3) is 10.9 Å². The van der Waals surface area contributed by atoms with Gasteiger partial charge in [0.05, 0.1) is 17.6 Å². The van der Waals surface area contributed by atoms with Crippen molar-refractivity contribution < 1.29 is 22.4 Å². The zero-order chi connectivity index (χ0) is 27.6. The van der Waals surface area contributed by atoms with Crippen LogP contribution in [-0.2, 0) is 21.2 Å². The largest absolute Gasteiger partial charge is 0.339 e. The summed E-state index contributed by atoms with van der Waals surface area (Å²) in [6.07, 6.45) is 1.73. The van der Waals surface area contributed by atoms with Crippen molar-refractivity contribution in [3.8, 4) is 0 Å². The van der Waals surface area contributed by atoms with E-state index in [1.165, 1.54) is 18.2 Å². The normalized spacial score (nSPS) is 13.9. The molecule has 0 spiro atoms. The Morgan fingerprint density at radius 3 is 2.33 bits per heavy atom. The van der Waals surface area contributed by atoms with Gasteiger partial charge in [0.25, 0.3) is 15.9 Å². The number of aryl methyl sites for hydroxylation is 1. The average molecular weight is 547 g/mol. The second-order valence-electron chi connectivity index (χ2n) is 9.44. The minimum atomic E-state index is -3.92. The Balaban J connectivity index is 1.23. The van der Waals surface area contributed by atoms with Crippen molar-refractivity contribution in [2.45, 2.75) is 18.2 Å². The second-order valence-corrected chi connectivity index (χ2v) is 11.1. The third-order valence-corrected chi connectivity index (χ3v) is 8.19. The number of nitrogens with zero attached hydrogens (tertiary/aromatic N) is 3. The molecule has 0 aliphatic carbocycles. The maximum absolute atomic E-state index is 13.2. The van der Waals surface area contributed by atoms with Gasteiger partial charge in [0.1, 0.15) is 10.7 Å². The molecule has 2 heterocycles. The number of para-hydroxylation sites is 1. The number of halogens is 1. The fourth-order valence-corrected chi connectivity index (χ4v) is 5.95. The number of carbonyl (C=O) groups excluding carboxylic acids is 2. The Labute approximate surface area is 226 Å². The third-order valence-electron chi connectivity index (χ3n) is 6.79. The number of piperazine rings is 1. The molecule has 200 valence electrons. The van der Waals surface area contributed by atoms with Crippen molar-refractivity contribution in [2.75, 3.05) is 30.9 Å². The molecule has 39 heavy (non-hydrogen) atoms. The summed E-state index contributed by atoms with van der Waals surface area (Å²) in [5.74, 6) is -0.597. The van der Waals surface area contributed by atoms with E-state index in [9.17, 15) is 22.4 Å². The van der Waals surface area contributed by atoms with E-state index < -0.39 is 10.0 Å². The van der Waals surface area contributed by atoms with E-state index in [4.69, 9.17) is 0 Å². The van der Waals surface area contributed by atoms with Crippen molar-refractivity contribution in [1.29, 1.82) is 0 Å². The van der Waals surface area contributed by atoms with Crippen LogP contribution in [0, 0.1) is 12.7 Å². The smallest absolute Gasteiger partial charge is 0.264 e. The zero-order valence-corrected chi connectivity index (χ0v) is 22.1. The molecule has 1 N–H and O–H groups in total. The Hall–Kier alpha value is -4.31.